The van der Waals surface area contributed by atoms with Crippen LogP contribution in [0.1, 0.15) is 55.1 Å². The zero-order valence-electron chi connectivity index (χ0n) is 19.4. The van der Waals surface area contributed by atoms with Crippen molar-refractivity contribution in [2.75, 3.05) is 6.54 Å². The Morgan fingerprint density at radius 1 is 1.12 bits per heavy atom. The molecule has 2 N–H and O–H groups in total. The second kappa shape index (κ2) is 7.45. The number of hydrogen-bond acceptors (Lipinski definition) is 3. The molecule has 3 heterocycles. The highest BCUT2D eigenvalue weighted by atomic mass is 16.2. The maximum Gasteiger partial charge on any atom is 0.328 e. The molecule has 0 spiro atoms. The number of benzene rings is 2. The van der Waals surface area contributed by atoms with E-state index in [1.54, 1.807) is 18.7 Å². The molecule has 7 nitrogen and oxygen atoms in total. The van der Waals surface area contributed by atoms with Crippen LogP contribution in [0.5, 0.6) is 0 Å². The zero-order chi connectivity index (χ0) is 23.6. The molecule has 1 aliphatic carbocycles. The van der Waals surface area contributed by atoms with Gasteiger partial charge < -0.3 is 15.2 Å². The van der Waals surface area contributed by atoms with Gasteiger partial charge in [0.25, 0.3) is 5.91 Å². The molecule has 3 aromatic rings. The molecule has 4 amide bonds. The number of urea groups is 1. The lowest BCUT2D eigenvalue weighted by atomic mass is 9.87. The van der Waals surface area contributed by atoms with Crippen molar-refractivity contribution < 1.29 is 14.4 Å². The van der Waals surface area contributed by atoms with Crippen LogP contribution >= 0.6 is 0 Å². The smallest absolute Gasteiger partial charge is 0.328 e. The summed E-state index contributed by atoms with van der Waals surface area (Å²) < 4.78 is 0. The maximum atomic E-state index is 13.8. The molecule has 34 heavy (non-hydrogen) atoms. The summed E-state index contributed by atoms with van der Waals surface area (Å²) in [6.07, 6.45) is 3.51. The van der Waals surface area contributed by atoms with Crippen LogP contribution < -0.4 is 5.32 Å². The molecule has 2 aromatic carbocycles. The summed E-state index contributed by atoms with van der Waals surface area (Å²) in [4.78, 5) is 46.8. The van der Waals surface area contributed by atoms with Crippen molar-refractivity contribution in [3.8, 4) is 0 Å². The zero-order valence-corrected chi connectivity index (χ0v) is 19.4. The minimum Gasteiger partial charge on any atom is -0.356 e. The van der Waals surface area contributed by atoms with Gasteiger partial charge in [-0.15, -0.1) is 0 Å². The first kappa shape index (κ1) is 21.0. The number of carbonyl (C=O) groups is 3. The minimum absolute atomic E-state index is 0.105. The normalized spacial score (nSPS) is 24.6. The predicted octanol–water partition coefficient (Wildman–Crippen LogP) is 3.79. The topological polar surface area (TPSA) is 85.5 Å². The predicted molar refractivity (Wildman–Crippen MR) is 128 cm³/mol. The molecule has 6 rings (SSSR count). The van der Waals surface area contributed by atoms with Gasteiger partial charge in [-0.05, 0) is 62.3 Å². The van der Waals surface area contributed by atoms with Gasteiger partial charge in [-0.3, -0.25) is 9.59 Å². The average molecular weight is 457 g/mol. The van der Waals surface area contributed by atoms with Crippen molar-refractivity contribution in [1.82, 2.24) is 20.1 Å². The van der Waals surface area contributed by atoms with Gasteiger partial charge in [0.1, 0.15) is 6.04 Å². The number of imide groups is 1. The summed E-state index contributed by atoms with van der Waals surface area (Å²) in [5.41, 5.74) is 4.02. The van der Waals surface area contributed by atoms with Crippen molar-refractivity contribution in [2.24, 2.45) is 0 Å². The first-order chi connectivity index (χ1) is 16.4. The number of aromatic nitrogens is 1. The summed E-state index contributed by atoms with van der Waals surface area (Å²) in [5.74, 6) is -0.652. The Hall–Kier alpha value is -3.61. The van der Waals surface area contributed by atoms with Crippen LogP contribution in [0, 0.1) is 0 Å². The molecule has 1 fully saturated rings. The lowest BCUT2D eigenvalue weighted by Crippen LogP contribution is -2.50. The Bertz CT molecular complexity index is 1340. The molecule has 7 heteroatoms. The molecule has 1 aromatic heterocycles. The number of fused-ring (bicyclic) bond motifs is 6. The number of amides is 4. The van der Waals surface area contributed by atoms with E-state index in [1.807, 2.05) is 36.4 Å². The van der Waals surface area contributed by atoms with Crippen molar-refractivity contribution in [3.05, 3.63) is 70.9 Å². The third-order valence-electron chi connectivity index (χ3n) is 7.95. The number of H-pyrrole nitrogens is 1. The van der Waals surface area contributed by atoms with Gasteiger partial charge in [-0.1, -0.05) is 42.5 Å². The van der Waals surface area contributed by atoms with E-state index in [4.69, 9.17) is 0 Å². The Labute approximate surface area is 198 Å². The summed E-state index contributed by atoms with van der Waals surface area (Å²) in [6.45, 7) is 3.88. The molecule has 1 saturated heterocycles. The minimum atomic E-state index is -1.14. The second-order valence-electron chi connectivity index (χ2n) is 9.78. The Balaban J connectivity index is 1.30. The van der Waals surface area contributed by atoms with Crippen LogP contribution in [0.25, 0.3) is 10.9 Å². The number of rotatable bonds is 3. The Morgan fingerprint density at radius 3 is 2.74 bits per heavy atom. The third kappa shape index (κ3) is 2.79. The summed E-state index contributed by atoms with van der Waals surface area (Å²) in [5, 5.41) is 4.20. The van der Waals surface area contributed by atoms with Gasteiger partial charge in [0, 0.05) is 17.4 Å². The van der Waals surface area contributed by atoms with Gasteiger partial charge >= 0.3 is 6.03 Å². The van der Waals surface area contributed by atoms with Gasteiger partial charge in [0.05, 0.1) is 11.7 Å². The number of aryl methyl sites for hydroxylation is 1. The molecule has 0 bridgehead atoms. The molecular formula is C27H28N4O3. The van der Waals surface area contributed by atoms with E-state index in [0.717, 1.165) is 51.9 Å². The van der Waals surface area contributed by atoms with E-state index < -0.39 is 17.6 Å². The molecule has 3 unspecified atom stereocenters. The van der Waals surface area contributed by atoms with E-state index in [1.165, 1.54) is 5.56 Å². The van der Waals surface area contributed by atoms with Crippen molar-refractivity contribution in [3.63, 3.8) is 0 Å². The summed E-state index contributed by atoms with van der Waals surface area (Å²) in [6, 6.07) is 14.7. The number of para-hydroxylation sites is 1. The fourth-order valence-electron chi connectivity index (χ4n) is 6.07. The molecule has 0 saturated carbocycles. The monoisotopic (exact) mass is 456 g/mol. The Morgan fingerprint density at radius 2 is 1.88 bits per heavy atom. The highest BCUT2D eigenvalue weighted by Crippen LogP contribution is 2.44. The van der Waals surface area contributed by atoms with Crippen molar-refractivity contribution in [2.45, 2.75) is 57.2 Å². The van der Waals surface area contributed by atoms with Crippen LogP contribution in [-0.2, 0) is 28.0 Å². The number of nitrogens with one attached hydrogen (secondary N) is 2. The van der Waals surface area contributed by atoms with Crippen molar-refractivity contribution in [1.29, 1.82) is 0 Å². The first-order valence-corrected chi connectivity index (χ1v) is 12.0. The standard InChI is InChI=1S/C27H28N4O3/c1-16(24(32)29-21-13-7-9-17-8-3-4-10-18(17)21)31-25(33)27(2)23-20(14-15-30(27)26(31)34)19-11-5-6-12-22(19)28-23/h3-6,8,10-12,16,21,28H,7,9,13-15H2,1-2H3,(H,29,32). The number of carbonyl (C=O) groups excluding carboxylic acids is 3. The SMILES string of the molecule is CC(C(=O)NC1CCCc2ccccc21)N1C(=O)N2CCc3c([nH]c4ccccc34)C2(C)C1=O. The van der Waals surface area contributed by atoms with Gasteiger partial charge in [-0.25, -0.2) is 9.69 Å². The molecular weight excluding hydrogens is 428 g/mol. The summed E-state index contributed by atoms with van der Waals surface area (Å²) >= 11 is 0. The second-order valence-corrected chi connectivity index (χ2v) is 9.78. The van der Waals surface area contributed by atoms with E-state index in [-0.39, 0.29) is 17.9 Å². The highest BCUT2D eigenvalue weighted by molar-refractivity contribution is 6.11. The fourth-order valence-corrected chi connectivity index (χ4v) is 6.07. The largest absolute Gasteiger partial charge is 0.356 e. The lowest BCUT2D eigenvalue weighted by molar-refractivity contribution is -0.139. The summed E-state index contributed by atoms with van der Waals surface area (Å²) in [7, 11) is 0. The van der Waals surface area contributed by atoms with Gasteiger partial charge in [0.15, 0.2) is 5.54 Å². The molecule has 3 aliphatic rings. The van der Waals surface area contributed by atoms with Crippen LogP contribution in [0.4, 0.5) is 4.79 Å². The molecule has 0 radical (unpaired) electrons. The third-order valence-corrected chi connectivity index (χ3v) is 7.95. The van der Waals surface area contributed by atoms with Crippen LogP contribution in [0.2, 0.25) is 0 Å². The van der Waals surface area contributed by atoms with Crippen molar-refractivity contribution >= 4 is 28.7 Å². The van der Waals surface area contributed by atoms with Gasteiger partial charge in [-0.2, -0.15) is 0 Å². The van der Waals surface area contributed by atoms with Crippen LogP contribution in [-0.4, -0.2) is 45.2 Å². The van der Waals surface area contributed by atoms with E-state index in [0.29, 0.717) is 13.0 Å². The lowest BCUT2D eigenvalue weighted by Gasteiger charge is -2.36. The van der Waals surface area contributed by atoms with E-state index in [9.17, 15) is 14.4 Å². The van der Waals surface area contributed by atoms with E-state index in [2.05, 4.69) is 22.4 Å². The maximum absolute atomic E-state index is 13.8. The highest BCUT2D eigenvalue weighted by Gasteiger charge is 2.60. The number of aromatic amines is 1. The quantitative estimate of drug-likeness (QED) is 0.588. The average Bonchev–Trinajstić information content (AvgIpc) is 3.32. The van der Waals surface area contributed by atoms with Crippen LogP contribution in [0.3, 0.4) is 0 Å². The molecule has 3 atom stereocenters. The molecule has 174 valence electrons. The van der Waals surface area contributed by atoms with Crippen LogP contribution in [0.15, 0.2) is 48.5 Å². The first-order valence-electron chi connectivity index (χ1n) is 12.0. The number of hydrogen-bond donors (Lipinski definition) is 2. The number of nitrogens with zero attached hydrogens (tertiary/aromatic N) is 2. The fraction of sp³-hybridized carbons (Fsp3) is 0.370. The molecule has 2 aliphatic heterocycles. The Kier molecular flexibility index (Phi) is 4.59. The van der Waals surface area contributed by atoms with Gasteiger partial charge in [0.2, 0.25) is 5.91 Å². The van der Waals surface area contributed by atoms with E-state index >= 15 is 0 Å².